The fraction of sp³-hybridized carbons (Fsp3) is 0.214. The Kier molecular flexibility index (Phi) is 5.02. The lowest BCUT2D eigenvalue weighted by molar-refractivity contribution is -0.139. The molecule has 0 aliphatic rings. The van der Waals surface area contributed by atoms with E-state index in [0.29, 0.717) is 5.56 Å². The van der Waals surface area contributed by atoms with Gasteiger partial charge in [-0.05, 0) is 17.7 Å². The number of aromatic nitrogens is 1. The number of hydrogen-bond donors (Lipinski definition) is 3. The van der Waals surface area contributed by atoms with Crippen LogP contribution in [0.4, 0.5) is 0 Å². The van der Waals surface area contributed by atoms with E-state index in [2.05, 4.69) is 10.3 Å². The fourth-order valence-corrected chi connectivity index (χ4v) is 2.42. The molecule has 1 heterocycles. The van der Waals surface area contributed by atoms with Crippen molar-refractivity contribution in [2.45, 2.75) is 12.5 Å². The second-order valence-electron chi connectivity index (χ2n) is 4.32. The third-order valence-corrected chi connectivity index (χ3v) is 3.68. The van der Waals surface area contributed by atoms with Gasteiger partial charge in [-0.2, -0.15) is 0 Å². The number of rotatable bonds is 6. The largest absolute Gasteiger partial charge is 0.480 e. The number of nitrogens with one attached hydrogen (secondary N) is 1. The molecule has 0 bridgehead atoms. The predicted molar refractivity (Wildman–Crippen MR) is 78.1 cm³/mol. The molecule has 7 heteroatoms. The molecule has 0 aliphatic carbocycles. The quantitative estimate of drug-likeness (QED) is 0.748. The summed E-state index contributed by atoms with van der Waals surface area (Å²) in [4.78, 5) is 28.0. The van der Waals surface area contributed by atoms with Gasteiger partial charge in [0.15, 0.2) is 0 Å². The molecule has 110 valence electrons. The maximum absolute atomic E-state index is 12.1. The molecular formula is C14H14N2O4S. The SMILES string of the molecule is O=C(NC(CCO)C(=O)O)c1cccc(-c2cncs2)c1. The lowest BCUT2D eigenvalue weighted by Crippen LogP contribution is -2.41. The minimum absolute atomic E-state index is 0.0321. The number of nitrogens with zero attached hydrogens (tertiary/aromatic N) is 1. The van der Waals surface area contributed by atoms with Crippen LogP contribution in [0.25, 0.3) is 10.4 Å². The number of carboxylic acids is 1. The Bertz CT molecular complexity index is 628. The molecule has 0 fully saturated rings. The topological polar surface area (TPSA) is 99.5 Å². The molecule has 2 rings (SSSR count). The second-order valence-corrected chi connectivity index (χ2v) is 5.21. The number of aliphatic hydroxyl groups is 1. The molecule has 1 amide bonds. The van der Waals surface area contributed by atoms with E-state index in [1.807, 2.05) is 6.07 Å². The normalized spacial score (nSPS) is 11.9. The lowest BCUT2D eigenvalue weighted by atomic mass is 10.1. The van der Waals surface area contributed by atoms with Crippen molar-refractivity contribution >= 4 is 23.2 Å². The molecule has 21 heavy (non-hydrogen) atoms. The summed E-state index contributed by atoms with van der Waals surface area (Å²) in [6.45, 7) is -0.307. The van der Waals surface area contributed by atoms with Gasteiger partial charge in [0, 0.05) is 24.8 Å². The number of amides is 1. The Morgan fingerprint density at radius 2 is 2.19 bits per heavy atom. The van der Waals surface area contributed by atoms with Crippen LogP contribution in [0.2, 0.25) is 0 Å². The first-order valence-electron chi connectivity index (χ1n) is 6.25. The van der Waals surface area contributed by atoms with Gasteiger partial charge >= 0.3 is 5.97 Å². The van der Waals surface area contributed by atoms with Gasteiger partial charge < -0.3 is 15.5 Å². The van der Waals surface area contributed by atoms with Gasteiger partial charge in [-0.1, -0.05) is 12.1 Å². The molecule has 1 aromatic carbocycles. The molecule has 0 radical (unpaired) electrons. The maximum atomic E-state index is 12.1. The van der Waals surface area contributed by atoms with Crippen molar-refractivity contribution < 1.29 is 19.8 Å². The summed E-state index contributed by atoms with van der Waals surface area (Å²) in [5.41, 5.74) is 2.91. The van der Waals surface area contributed by atoms with Crippen molar-refractivity contribution in [3.63, 3.8) is 0 Å². The maximum Gasteiger partial charge on any atom is 0.326 e. The minimum Gasteiger partial charge on any atom is -0.480 e. The Labute approximate surface area is 125 Å². The summed E-state index contributed by atoms with van der Waals surface area (Å²) in [5, 5.41) is 20.2. The zero-order chi connectivity index (χ0) is 15.2. The smallest absolute Gasteiger partial charge is 0.326 e. The second kappa shape index (κ2) is 6.96. The van der Waals surface area contributed by atoms with Crippen molar-refractivity contribution in [2.75, 3.05) is 6.61 Å². The van der Waals surface area contributed by atoms with Crippen LogP contribution in [0.15, 0.2) is 36.0 Å². The predicted octanol–water partition coefficient (Wildman–Crippen LogP) is 1.38. The van der Waals surface area contributed by atoms with E-state index >= 15 is 0 Å². The van der Waals surface area contributed by atoms with E-state index < -0.39 is 17.9 Å². The summed E-state index contributed by atoms with van der Waals surface area (Å²) in [6.07, 6.45) is 1.67. The molecule has 0 aliphatic heterocycles. The average molecular weight is 306 g/mol. The average Bonchev–Trinajstić information content (AvgIpc) is 3.01. The molecule has 0 saturated heterocycles. The van der Waals surface area contributed by atoms with Crippen LogP contribution in [0.5, 0.6) is 0 Å². The molecule has 2 aromatic rings. The number of hydrogen-bond acceptors (Lipinski definition) is 5. The molecule has 1 atom stereocenters. The van der Waals surface area contributed by atoms with Crippen molar-refractivity contribution in [2.24, 2.45) is 0 Å². The summed E-state index contributed by atoms with van der Waals surface area (Å²) in [6, 6.07) is 5.77. The summed E-state index contributed by atoms with van der Waals surface area (Å²) in [5.74, 6) is -1.65. The Balaban J connectivity index is 2.16. The van der Waals surface area contributed by atoms with Crippen molar-refractivity contribution in [3.05, 3.63) is 41.5 Å². The number of carbonyl (C=O) groups excluding carboxylic acids is 1. The fourth-order valence-electron chi connectivity index (χ4n) is 1.80. The zero-order valence-corrected chi connectivity index (χ0v) is 11.8. The molecule has 6 nitrogen and oxygen atoms in total. The molecule has 1 unspecified atom stereocenters. The van der Waals surface area contributed by atoms with Gasteiger partial charge in [-0.3, -0.25) is 9.78 Å². The standard InChI is InChI=1S/C14H14N2O4S/c17-5-4-11(14(19)20)16-13(18)10-3-1-2-9(6-10)12-7-15-8-21-12/h1-3,6-8,11,17H,4-5H2,(H,16,18)(H,19,20). The van der Waals surface area contributed by atoms with E-state index in [0.717, 1.165) is 10.4 Å². The van der Waals surface area contributed by atoms with Gasteiger partial charge in [0.05, 0.1) is 10.4 Å². The van der Waals surface area contributed by atoms with E-state index in [-0.39, 0.29) is 13.0 Å². The Morgan fingerprint density at radius 3 is 2.81 bits per heavy atom. The van der Waals surface area contributed by atoms with Crippen LogP contribution >= 0.6 is 11.3 Å². The number of carboxylic acid groups (broad SMARTS) is 1. The number of carbonyl (C=O) groups is 2. The van der Waals surface area contributed by atoms with Crippen LogP contribution in [-0.4, -0.2) is 39.7 Å². The number of benzene rings is 1. The molecule has 1 aromatic heterocycles. The Morgan fingerprint density at radius 1 is 1.38 bits per heavy atom. The minimum atomic E-state index is -1.17. The highest BCUT2D eigenvalue weighted by molar-refractivity contribution is 7.13. The van der Waals surface area contributed by atoms with Crippen LogP contribution in [0.1, 0.15) is 16.8 Å². The number of aliphatic carboxylic acids is 1. The van der Waals surface area contributed by atoms with Crippen molar-refractivity contribution in [1.29, 1.82) is 0 Å². The lowest BCUT2D eigenvalue weighted by Gasteiger charge is -2.13. The van der Waals surface area contributed by atoms with Gasteiger partial charge in [0.2, 0.25) is 0 Å². The molecular weight excluding hydrogens is 292 g/mol. The molecule has 0 saturated carbocycles. The van der Waals surface area contributed by atoms with Gasteiger partial charge in [-0.15, -0.1) is 11.3 Å². The monoisotopic (exact) mass is 306 g/mol. The van der Waals surface area contributed by atoms with E-state index in [4.69, 9.17) is 10.2 Å². The van der Waals surface area contributed by atoms with Crippen LogP contribution in [0, 0.1) is 0 Å². The van der Waals surface area contributed by atoms with E-state index in [1.165, 1.54) is 11.3 Å². The van der Waals surface area contributed by atoms with E-state index in [9.17, 15) is 9.59 Å². The highest BCUT2D eigenvalue weighted by Crippen LogP contribution is 2.23. The summed E-state index contributed by atoms with van der Waals surface area (Å²) < 4.78 is 0. The molecule has 0 spiro atoms. The summed E-state index contributed by atoms with van der Waals surface area (Å²) in [7, 11) is 0. The van der Waals surface area contributed by atoms with Crippen LogP contribution < -0.4 is 5.32 Å². The third kappa shape index (κ3) is 3.87. The Hall–Kier alpha value is -2.25. The van der Waals surface area contributed by atoms with Crippen molar-refractivity contribution in [3.8, 4) is 10.4 Å². The number of aliphatic hydroxyl groups excluding tert-OH is 1. The van der Waals surface area contributed by atoms with Crippen molar-refractivity contribution in [1.82, 2.24) is 10.3 Å². The first kappa shape index (κ1) is 15.1. The van der Waals surface area contributed by atoms with Crippen LogP contribution in [-0.2, 0) is 4.79 Å². The zero-order valence-electron chi connectivity index (χ0n) is 11.0. The van der Waals surface area contributed by atoms with E-state index in [1.54, 1.807) is 29.9 Å². The van der Waals surface area contributed by atoms with Gasteiger partial charge in [-0.25, -0.2) is 4.79 Å². The molecule has 3 N–H and O–H groups in total. The highest BCUT2D eigenvalue weighted by atomic mass is 32.1. The first-order chi connectivity index (χ1) is 10.1. The third-order valence-electron chi connectivity index (χ3n) is 2.86. The van der Waals surface area contributed by atoms with Crippen LogP contribution in [0.3, 0.4) is 0 Å². The first-order valence-corrected chi connectivity index (χ1v) is 7.13. The van der Waals surface area contributed by atoms with Gasteiger partial charge in [0.1, 0.15) is 6.04 Å². The highest BCUT2D eigenvalue weighted by Gasteiger charge is 2.20. The summed E-state index contributed by atoms with van der Waals surface area (Å²) >= 11 is 1.45. The number of thiazole rings is 1. The van der Waals surface area contributed by atoms with Gasteiger partial charge in [0.25, 0.3) is 5.91 Å².